The summed E-state index contributed by atoms with van der Waals surface area (Å²) in [6, 6.07) is 11.7. The Morgan fingerprint density at radius 2 is 2.00 bits per heavy atom. The van der Waals surface area contributed by atoms with Crippen LogP contribution in [0, 0.1) is 11.8 Å². The fraction of sp³-hybridized carbons (Fsp3) is 0.176. The van der Waals surface area contributed by atoms with Crippen LogP contribution in [0.25, 0.3) is 11.1 Å². The second kappa shape index (κ2) is 6.53. The van der Waals surface area contributed by atoms with Crippen LogP contribution in [0.15, 0.2) is 48.8 Å². The van der Waals surface area contributed by atoms with Crippen LogP contribution >= 0.6 is 0 Å². The van der Waals surface area contributed by atoms with Gasteiger partial charge in [-0.1, -0.05) is 36.3 Å². The molecule has 0 aliphatic carbocycles. The zero-order valence-corrected chi connectivity index (χ0v) is 11.2. The predicted octanol–water partition coefficient (Wildman–Crippen LogP) is 3.33. The summed E-state index contributed by atoms with van der Waals surface area (Å²) in [7, 11) is 0. The molecule has 1 atom stereocenters. The lowest BCUT2D eigenvalue weighted by Crippen LogP contribution is -2.04. The molecule has 3 heteroatoms. The third kappa shape index (κ3) is 3.46. The maximum atomic E-state index is 10.9. The minimum atomic E-state index is -0.839. The van der Waals surface area contributed by atoms with Crippen molar-refractivity contribution in [3.63, 3.8) is 0 Å². The number of carboxylic acids is 1. The lowest BCUT2D eigenvalue weighted by Gasteiger charge is -2.09. The Bertz CT molecular complexity index is 636. The van der Waals surface area contributed by atoms with E-state index in [4.69, 9.17) is 5.11 Å². The first-order valence-electron chi connectivity index (χ1n) is 6.35. The first kappa shape index (κ1) is 13.8. The van der Waals surface area contributed by atoms with Gasteiger partial charge < -0.3 is 5.11 Å². The Labute approximate surface area is 118 Å². The summed E-state index contributed by atoms with van der Waals surface area (Å²) >= 11 is 0. The largest absolute Gasteiger partial charge is 0.481 e. The number of aromatic nitrogens is 1. The molecule has 0 fully saturated rings. The van der Waals surface area contributed by atoms with Gasteiger partial charge in [0, 0.05) is 12.4 Å². The highest BCUT2D eigenvalue weighted by atomic mass is 16.4. The molecule has 0 saturated carbocycles. The summed E-state index contributed by atoms with van der Waals surface area (Å²) in [5, 5.41) is 8.93. The molecule has 2 rings (SSSR count). The van der Waals surface area contributed by atoms with E-state index in [0.717, 1.165) is 16.7 Å². The number of hydrogen-bond donors (Lipinski definition) is 1. The van der Waals surface area contributed by atoms with E-state index in [0.29, 0.717) is 0 Å². The third-order valence-electron chi connectivity index (χ3n) is 3.01. The van der Waals surface area contributed by atoms with Crippen molar-refractivity contribution in [3.8, 4) is 23.0 Å². The summed E-state index contributed by atoms with van der Waals surface area (Å²) in [5.74, 6) is 4.64. The average Bonchev–Trinajstić information content (AvgIpc) is 2.47. The Morgan fingerprint density at radius 1 is 1.25 bits per heavy atom. The molecule has 0 spiro atoms. The first-order chi connectivity index (χ1) is 9.70. The van der Waals surface area contributed by atoms with E-state index in [1.165, 1.54) is 0 Å². The third-order valence-corrected chi connectivity index (χ3v) is 3.01. The molecule has 0 amide bonds. The molecule has 0 saturated heterocycles. The minimum absolute atomic E-state index is 0.0209. The lowest BCUT2D eigenvalue weighted by molar-refractivity contribution is -0.137. The summed E-state index contributed by atoms with van der Waals surface area (Å²) in [6.45, 7) is 1.72. The molecule has 1 unspecified atom stereocenters. The quantitative estimate of drug-likeness (QED) is 0.863. The van der Waals surface area contributed by atoms with Crippen LogP contribution in [0.4, 0.5) is 0 Å². The van der Waals surface area contributed by atoms with Crippen molar-refractivity contribution in [2.75, 3.05) is 0 Å². The van der Waals surface area contributed by atoms with Gasteiger partial charge in [0.25, 0.3) is 0 Å². The average molecular weight is 265 g/mol. The highest BCUT2D eigenvalue weighted by molar-refractivity contribution is 5.69. The van der Waals surface area contributed by atoms with Crippen molar-refractivity contribution in [2.45, 2.75) is 19.3 Å². The number of pyridine rings is 1. The number of rotatable bonds is 4. The molecule has 0 bridgehead atoms. The van der Waals surface area contributed by atoms with Crippen molar-refractivity contribution in [2.24, 2.45) is 0 Å². The molecule has 1 N–H and O–H groups in total. The molecule has 0 radical (unpaired) electrons. The fourth-order valence-corrected chi connectivity index (χ4v) is 2.04. The molecular weight excluding hydrogens is 250 g/mol. The molecule has 3 nitrogen and oxygen atoms in total. The zero-order chi connectivity index (χ0) is 14.4. The monoisotopic (exact) mass is 265 g/mol. The smallest absolute Gasteiger partial charge is 0.304 e. The second-order valence-corrected chi connectivity index (χ2v) is 4.41. The molecule has 0 aliphatic heterocycles. The first-order valence-corrected chi connectivity index (χ1v) is 6.35. The Morgan fingerprint density at radius 3 is 2.55 bits per heavy atom. The number of nitrogens with zero attached hydrogens (tertiary/aromatic N) is 1. The summed E-state index contributed by atoms with van der Waals surface area (Å²) in [4.78, 5) is 15.0. The van der Waals surface area contributed by atoms with Crippen LogP contribution in [-0.4, -0.2) is 16.1 Å². The Balaban J connectivity index is 2.26. The van der Waals surface area contributed by atoms with Gasteiger partial charge in [-0.25, -0.2) is 0 Å². The van der Waals surface area contributed by atoms with E-state index in [1.807, 2.05) is 36.4 Å². The predicted molar refractivity (Wildman–Crippen MR) is 78.1 cm³/mol. The second-order valence-electron chi connectivity index (χ2n) is 4.41. The Hall–Kier alpha value is -2.60. The van der Waals surface area contributed by atoms with Crippen molar-refractivity contribution in [3.05, 3.63) is 54.4 Å². The van der Waals surface area contributed by atoms with Gasteiger partial charge in [-0.3, -0.25) is 9.78 Å². The fourth-order valence-electron chi connectivity index (χ4n) is 2.04. The van der Waals surface area contributed by atoms with Crippen LogP contribution in [0.3, 0.4) is 0 Å². The highest BCUT2D eigenvalue weighted by Crippen LogP contribution is 2.23. The van der Waals surface area contributed by atoms with Crippen molar-refractivity contribution < 1.29 is 9.90 Å². The van der Waals surface area contributed by atoms with Crippen molar-refractivity contribution in [1.29, 1.82) is 0 Å². The van der Waals surface area contributed by atoms with Gasteiger partial charge in [0.05, 0.1) is 12.3 Å². The van der Waals surface area contributed by atoms with Crippen LogP contribution < -0.4 is 0 Å². The number of carbonyl (C=O) groups is 1. The molecule has 1 aromatic carbocycles. The summed E-state index contributed by atoms with van der Waals surface area (Å²) < 4.78 is 0. The van der Waals surface area contributed by atoms with Crippen LogP contribution in [0.5, 0.6) is 0 Å². The number of aliphatic carboxylic acids is 1. The molecule has 2 aromatic rings. The van der Waals surface area contributed by atoms with E-state index in [-0.39, 0.29) is 12.3 Å². The lowest BCUT2D eigenvalue weighted by atomic mass is 9.94. The van der Waals surface area contributed by atoms with Gasteiger partial charge in [-0.15, -0.1) is 5.92 Å². The number of hydrogen-bond acceptors (Lipinski definition) is 2. The Kier molecular flexibility index (Phi) is 4.52. The van der Waals surface area contributed by atoms with E-state index in [2.05, 4.69) is 16.8 Å². The number of carboxylic acid groups (broad SMARTS) is 1. The summed E-state index contributed by atoms with van der Waals surface area (Å²) in [5.41, 5.74) is 3.02. The van der Waals surface area contributed by atoms with Crippen LogP contribution in [-0.2, 0) is 4.79 Å². The minimum Gasteiger partial charge on any atom is -0.481 e. The van der Waals surface area contributed by atoms with Crippen LogP contribution in [0.1, 0.15) is 24.8 Å². The van der Waals surface area contributed by atoms with Crippen LogP contribution in [0.2, 0.25) is 0 Å². The molecule has 20 heavy (non-hydrogen) atoms. The van der Waals surface area contributed by atoms with E-state index < -0.39 is 5.97 Å². The van der Waals surface area contributed by atoms with Crippen molar-refractivity contribution in [1.82, 2.24) is 4.98 Å². The molecule has 1 aromatic heterocycles. The standard InChI is InChI=1S/C17H15NO2/c1-2-4-15(11-17(19)20)13-6-8-14(9-7-13)16-5-3-10-18-12-16/h3,5-10,12,15H,11H2,1H3,(H,19,20). The molecular formula is C17H15NO2. The van der Waals surface area contributed by atoms with Gasteiger partial charge in [0.1, 0.15) is 0 Å². The summed E-state index contributed by atoms with van der Waals surface area (Å²) in [6.07, 6.45) is 3.56. The van der Waals surface area contributed by atoms with Gasteiger partial charge in [0.2, 0.25) is 0 Å². The highest BCUT2D eigenvalue weighted by Gasteiger charge is 2.13. The maximum Gasteiger partial charge on any atom is 0.304 e. The normalized spacial score (nSPS) is 11.2. The van der Waals surface area contributed by atoms with Gasteiger partial charge in [-0.2, -0.15) is 0 Å². The van der Waals surface area contributed by atoms with E-state index in [9.17, 15) is 4.79 Å². The molecule has 0 aliphatic rings. The zero-order valence-electron chi connectivity index (χ0n) is 11.2. The van der Waals surface area contributed by atoms with Gasteiger partial charge in [0.15, 0.2) is 0 Å². The number of benzene rings is 1. The van der Waals surface area contributed by atoms with Gasteiger partial charge in [-0.05, 0) is 29.7 Å². The topological polar surface area (TPSA) is 50.2 Å². The van der Waals surface area contributed by atoms with Gasteiger partial charge >= 0.3 is 5.97 Å². The maximum absolute atomic E-state index is 10.9. The van der Waals surface area contributed by atoms with E-state index >= 15 is 0 Å². The SMILES string of the molecule is CC#CC(CC(=O)O)c1ccc(-c2cccnc2)cc1. The van der Waals surface area contributed by atoms with Crippen molar-refractivity contribution >= 4 is 5.97 Å². The molecule has 1 heterocycles. The molecule has 100 valence electrons. The van der Waals surface area contributed by atoms with E-state index in [1.54, 1.807) is 19.3 Å².